The first kappa shape index (κ1) is 21.1. The molecule has 0 unspecified atom stereocenters. The van der Waals surface area contributed by atoms with Crippen molar-refractivity contribution in [3.05, 3.63) is 39.8 Å². The molecule has 3 heterocycles. The lowest BCUT2D eigenvalue weighted by atomic mass is 10.1. The van der Waals surface area contributed by atoms with Gasteiger partial charge in [0.15, 0.2) is 0 Å². The number of piperazine rings is 1. The number of carbonyl (C=O) groups is 2. The van der Waals surface area contributed by atoms with Crippen molar-refractivity contribution in [2.24, 2.45) is 7.05 Å². The molecule has 2 aromatic heterocycles. The Kier molecular flexibility index (Phi) is 5.57. The van der Waals surface area contributed by atoms with Gasteiger partial charge in [-0.25, -0.2) is 4.98 Å². The van der Waals surface area contributed by atoms with Crippen LogP contribution in [0.5, 0.6) is 0 Å². The summed E-state index contributed by atoms with van der Waals surface area (Å²) >= 11 is 5.99. The Morgan fingerprint density at radius 1 is 1.14 bits per heavy atom. The summed E-state index contributed by atoms with van der Waals surface area (Å²) in [6, 6.07) is 0.832. The van der Waals surface area contributed by atoms with Gasteiger partial charge in [0.2, 0.25) is 0 Å². The topological polar surface area (TPSA) is 71.3 Å². The van der Waals surface area contributed by atoms with Gasteiger partial charge in [-0.3, -0.25) is 14.3 Å². The number of carbonyl (C=O) groups excluding carboxylic acids is 2. The Bertz CT molecular complexity index is 965. The lowest BCUT2D eigenvalue weighted by molar-refractivity contribution is -0.137. The molecule has 7 nitrogen and oxygen atoms in total. The zero-order valence-corrected chi connectivity index (χ0v) is 16.8. The molecule has 0 N–H and O–H groups in total. The smallest absolute Gasteiger partial charge is 0.352 e. The van der Waals surface area contributed by atoms with Crippen LogP contribution in [-0.4, -0.2) is 57.5 Å². The third kappa shape index (κ3) is 4.07. The second-order valence-electron chi connectivity index (χ2n) is 6.80. The van der Waals surface area contributed by atoms with Crippen LogP contribution in [0.15, 0.2) is 12.3 Å². The Labute approximate surface area is 170 Å². The maximum absolute atomic E-state index is 12.8. The van der Waals surface area contributed by atoms with Gasteiger partial charge in [-0.1, -0.05) is 11.6 Å². The largest absolute Gasteiger partial charge is 0.417 e. The van der Waals surface area contributed by atoms with Crippen molar-refractivity contribution in [2.75, 3.05) is 31.1 Å². The molecular formula is C18H19ClF3N5O2. The van der Waals surface area contributed by atoms with E-state index in [1.807, 2.05) is 0 Å². The summed E-state index contributed by atoms with van der Waals surface area (Å²) in [7, 11) is 1.70. The summed E-state index contributed by atoms with van der Waals surface area (Å²) in [5.74, 6) is -1.03. The van der Waals surface area contributed by atoms with E-state index in [-0.39, 0.29) is 23.9 Å². The molecule has 1 saturated heterocycles. The number of aromatic nitrogens is 3. The number of amides is 1. The normalized spacial score (nSPS) is 15.0. The van der Waals surface area contributed by atoms with Crippen LogP contribution in [0.25, 0.3) is 0 Å². The third-order valence-corrected chi connectivity index (χ3v) is 5.22. The maximum Gasteiger partial charge on any atom is 0.417 e. The summed E-state index contributed by atoms with van der Waals surface area (Å²) in [4.78, 5) is 32.2. The lowest BCUT2D eigenvalue weighted by Crippen LogP contribution is -2.51. The average molecular weight is 430 g/mol. The van der Waals surface area contributed by atoms with Gasteiger partial charge in [-0.05, 0) is 19.9 Å². The summed E-state index contributed by atoms with van der Waals surface area (Å²) in [6.45, 7) is 4.43. The Morgan fingerprint density at radius 3 is 2.24 bits per heavy atom. The number of hydrogen-bond acceptors (Lipinski definition) is 5. The molecule has 0 bridgehead atoms. The van der Waals surface area contributed by atoms with Crippen LogP contribution in [0.3, 0.4) is 0 Å². The molecular weight excluding hydrogens is 411 g/mol. The standard InChI is InChI=1S/C18H19ClF3N5O2/c1-10-14(11(2)25(3)24-10)15(28)17(29)27-6-4-26(5-7-27)16-13(19)8-12(9-23-16)18(20,21)22/h8-9H,4-7H2,1-3H3. The fourth-order valence-electron chi connectivity index (χ4n) is 3.29. The molecule has 156 valence electrons. The number of nitrogens with zero attached hydrogens (tertiary/aromatic N) is 5. The van der Waals surface area contributed by atoms with Crippen molar-refractivity contribution in [3.63, 3.8) is 0 Å². The molecule has 29 heavy (non-hydrogen) atoms. The SMILES string of the molecule is Cc1nn(C)c(C)c1C(=O)C(=O)N1CCN(c2ncc(C(F)(F)F)cc2Cl)CC1. The molecule has 11 heteroatoms. The van der Waals surface area contributed by atoms with Gasteiger partial charge in [0.05, 0.1) is 21.8 Å². The molecule has 0 spiro atoms. The lowest BCUT2D eigenvalue weighted by Gasteiger charge is -2.35. The number of halogens is 4. The highest BCUT2D eigenvalue weighted by atomic mass is 35.5. The molecule has 0 saturated carbocycles. The van der Waals surface area contributed by atoms with E-state index in [0.717, 1.165) is 12.3 Å². The monoisotopic (exact) mass is 429 g/mol. The average Bonchev–Trinajstić information content (AvgIpc) is 2.91. The first-order valence-corrected chi connectivity index (χ1v) is 9.20. The number of pyridine rings is 1. The Hall–Kier alpha value is -2.62. The van der Waals surface area contributed by atoms with E-state index in [4.69, 9.17) is 11.6 Å². The molecule has 0 atom stereocenters. The first-order chi connectivity index (χ1) is 13.5. The molecule has 1 aliphatic rings. The van der Waals surface area contributed by atoms with Crippen LogP contribution in [0, 0.1) is 13.8 Å². The zero-order valence-electron chi connectivity index (χ0n) is 16.0. The molecule has 3 rings (SSSR count). The van der Waals surface area contributed by atoms with Crippen LogP contribution in [0.2, 0.25) is 5.02 Å². The highest BCUT2D eigenvalue weighted by molar-refractivity contribution is 6.43. The molecule has 1 amide bonds. The van der Waals surface area contributed by atoms with E-state index >= 15 is 0 Å². The quantitative estimate of drug-likeness (QED) is 0.554. The van der Waals surface area contributed by atoms with E-state index in [0.29, 0.717) is 30.0 Å². The molecule has 2 aromatic rings. The van der Waals surface area contributed by atoms with E-state index in [1.165, 1.54) is 4.90 Å². The van der Waals surface area contributed by atoms with Crippen LogP contribution < -0.4 is 4.90 Å². The molecule has 1 aliphatic heterocycles. The van der Waals surface area contributed by atoms with Gasteiger partial charge in [0.1, 0.15) is 5.82 Å². The highest BCUT2D eigenvalue weighted by Gasteiger charge is 2.33. The number of hydrogen-bond donors (Lipinski definition) is 0. The summed E-state index contributed by atoms with van der Waals surface area (Å²) in [6.07, 6.45) is -3.79. The predicted molar refractivity (Wildman–Crippen MR) is 100 cm³/mol. The van der Waals surface area contributed by atoms with Gasteiger partial charge in [0, 0.05) is 45.1 Å². The predicted octanol–water partition coefficient (Wildman–Crippen LogP) is 2.64. The third-order valence-electron chi connectivity index (χ3n) is 4.95. The second-order valence-corrected chi connectivity index (χ2v) is 7.21. The van der Waals surface area contributed by atoms with Crippen molar-refractivity contribution in [3.8, 4) is 0 Å². The van der Waals surface area contributed by atoms with Gasteiger partial charge >= 0.3 is 6.18 Å². The number of ketones is 1. The van der Waals surface area contributed by atoms with Gasteiger partial charge < -0.3 is 9.80 Å². The highest BCUT2D eigenvalue weighted by Crippen LogP contribution is 2.33. The first-order valence-electron chi connectivity index (χ1n) is 8.82. The minimum atomic E-state index is -4.52. The van der Waals surface area contributed by atoms with Crippen LogP contribution in [0.4, 0.5) is 19.0 Å². The van der Waals surface area contributed by atoms with E-state index in [2.05, 4.69) is 10.1 Å². The fourth-order valence-corrected chi connectivity index (χ4v) is 3.58. The zero-order chi connectivity index (χ0) is 21.5. The number of Topliss-reactive ketones (excluding diaryl/α,β-unsaturated/α-hetero) is 1. The summed E-state index contributed by atoms with van der Waals surface area (Å²) < 4.78 is 39.8. The van der Waals surface area contributed by atoms with Crippen LogP contribution in [-0.2, 0) is 18.0 Å². The minimum Gasteiger partial charge on any atom is -0.352 e. The fraction of sp³-hybridized carbons (Fsp3) is 0.444. The number of aryl methyl sites for hydroxylation is 2. The van der Waals surface area contributed by atoms with Crippen LogP contribution >= 0.6 is 11.6 Å². The molecule has 0 aliphatic carbocycles. The number of anilines is 1. The summed E-state index contributed by atoms with van der Waals surface area (Å²) in [5, 5.41) is 4.05. The maximum atomic E-state index is 12.8. The van der Waals surface area contributed by atoms with Crippen molar-refractivity contribution < 1.29 is 22.8 Å². The van der Waals surface area contributed by atoms with Gasteiger partial charge in [0.25, 0.3) is 11.7 Å². The number of rotatable bonds is 3. The van der Waals surface area contributed by atoms with Crippen molar-refractivity contribution in [1.82, 2.24) is 19.7 Å². The van der Waals surface area contributed by atoms with Gasteiger partial charge in [-0.2, -0.15) is 18.3 Å². The number of alkyl halides is 3. The van der Waals surface area contributed by atoms with E-state index < -0.39 is 23.4 Å². The summed E-state index contributed by atoms with van der Waals surface area (Å²) in [5.41, 5.74) is 0.475. The molecule has 1 fully saturated rings. The van der Waals surface area contributed by atoms with E-state index in [9.17, 15) is 22.8 Å². The van der Waals surface area contributed by atoms with Gasteiger partial charge in [-0.15, -0.1) is 0 Å². The van der Waals surface area contributed by atoms with Crippen molar-refractivity contribution >= 4 is 29.1 Å². The van der Waals surface area contributed by atoms with Crippen molar-refractivity contribution in [1.29, 1.82) is 0 Å². The Balaban J connectivity index is 1.69. The second kappa shape index (κ2) is 7.66. The molecule has 0 radical (unpaired) electrons. The Morgan fingerprint density at radius 2 is 1.76 bits per heavy atom. The van der Waals surface area contributed by atoms with Crippen molar-refractivity contribution in [2.45, 2.75) is 20.0 Å². The minimum absolute atomic E-state index is 0.114. The van der Waals surface area contributed by atoms with Crippen LogP contribution in [0.1, 0.15) is 27.3 Å². The molecule has 0 aromatic carbocycles. The van der Waals surface area contributed by atoms with E-state index in [1.54, 1.807) is 30.5 Å².